The Balaban J connectivity index is 1.08. The minimum Gasteiger partial charge on any atom is -0.307 e. The van der Waals surface area contributed by atoms with Crippen LogP contribution in [0.4, 0.5) is 0 Å². The number of benzene rings is 10. The van der Waals surface area contributed by atoms with E-state index in [0.717, 1.165) is 61.6 Å². The van der Waals surface area contributed by atoms with Crippen LogP contribution >= 0.6 is 0 Å². The summed E-state index contributed by atoms with van der Waals surface area (Å²) in [7, 11) is 0. The van der Waals surface area contributed by atoms with Crippen molar-refractivity contribution in [2.24, 2.45) is 0 Å². The van der Waals surface area contributed by atoms with Gasteiger partial charge < -0.3 is 4.57 Å². The summed E-state index contributed by atoms with van der Waals surface area (Å²) in [5, 5.41) is 11.3. The van der Waals surface area contributed by atoms with E-state index in [1.54, 1.807) is 0 Å². The van der Waals surface area contributed by atoms with E-state index in [1.807, 2.05) is 0 Å². The molecule has 10 aromatic carbocycles. The summed E-state index contributed by atoms with van der Waals surface area (Å²) in [5.41, 5.74) is 12.1. The molecule has 0 N–H and O–H groups in total. The number of para-hydroxylation sites is 3. The van der Waals surface area contributed by atoms with Crippen LogP contribution < -0.4 is 0 Å². The third kappa shape index (κ3) is 4.97. The smallest absolute Gasteiger partial charge is 0.165 e. The van der Waals surface area contributed by atoms with Crippen LogP contribution in [0.2, 0.25) is 0 Å². The van der Waals surface area contributed by atoms with E-state index in [9.17, 15) is 0 Å². The zero-order valence-corrected chi connectivity index (χ0v) is 33.1. The van der Waals surface area contributed by atoms with Crippen molar-refractivity contribution >= 4 is 76.2 Å². The fourth-order valence-electron chi connectivity index (χ4n) is 9.97. The minimum absolute atomic E-state index is 0.912. The van der Waals surface area contributed by atoms with Crippen molar-refractivity contribution in [3.8, 4) is 39.6 Å². The van der Waals surface area contributed by atoms with Crippen molar-refractivity contribution in [1.29, 1.82) is 0 Å². The Labute approximate surface area is 351 Å². The van der Waals surface area contributed by atoms with Crippen LogP contribution in [0.25, 0.3) is 116 Å². The van der Waals surface area contributed by atoms with E-state index < -0.39 is 0 Å². The van der Waals surface area contributed by atoms with Gasteiger partial charge in [-0.15, -0.1) is 0 Å². The summed E-state index contributed by atoms with van der Waals surface area (Å²) in [4.78, 5) is 5.56. The highest BCUT2D eigenvalue weighted by molar-refractivity contribution is 6.26. The topological polar surface area (TPSA) is 27.7 Å². The van der Waals surface area contributed by atoms with Crippen LogP contribution in [-0.4, -0.2) is 18.7 Å². The average molecular weight is 777 g/mol. The van der Waals surface area contributed by atoms with Gasteiger partial charge in [0, 0.05) is 38.8 Å². The first-order valence-corrected chi connectivity index (χ1v) is 20.9. The summed E-state index contributed by atoms with van der Waals surface area (Å²) in [5.74, 6) is 0.912. The molecule has 0 saturated heterocycles. The summed E-state index contributed by atoms with van der Waals surface area (Å²) in [6.45, 7) is 0. The monoisotopic (exact) mass is 776 g/mol. The molecule has 0 unspecified atom stereocenters. The Morgan fingerprint density at radius 3 is 1.38 bits per heavy atom. The molecule has 13 aromatic rings. The summed E-state index contributed by atoms with van der Waals surface area (Å²) in [6.07, 6.45) is 0. The molecule has 4 heteroatoms. The SMILES string of the molecule is c1ccc(-c2nc3c(c4ccc5c6ccccc6n(-c6ccc(-c7ccc8c9ccccc9c9ccccc9c8c7)cc6)c5c4n3-c3ccccc3)n2-c2ccccc2)cc1. The second-order valence-corrected chi connectivity index (χ2v) is 15.9. The molecule has 0 bridgehead atoms. The van der Waals surface area contributed by atoms with Gasteiger partial charge in [0.05, 0.1) is 16.6 Å². The third-order valence-corrected chi connectivity index (χ3v) is 12.6. The molecule has 4 nitrogen and oxygen atoms in total. The Kier molecular flexibility index (Phi) is 7.27. The van der Waals surface area contributed by atoms with Gasteiger partial charge in [-0.25, -0.2) is 4.98 Å². The summed E-state index contributed by atoms with van der Waals surface area (Å²) >= 11 is 0. The van der Waals surface area contributed by atoms with Crippen molar-refractivity contribution < 1.29 is 0 Å². The molecule has 0 amide bonds. The predicted molar refractivity (Wildman–Crippen MR) is 256 cm³/mol. The van der Waals surface area contributed by atoms with Crippen LogP contribution in [-0.2, 0) is 0 Å². The Hall–Kier alpha value is -8.21. The van der Waals surface area contributed by atoms with Crippen molar-refractivity contribution in [3.63, 3.8) is 0 Å². The van der Waals surface area contributed by atoms with Crippen molar-refractivity contribution in [3.05, 3.63) is 218 Å². The fraction of sp³-hybridized carbons (Fsp3) is 0. The van der Waals surface area contributed by atoms with E-state index in [-0.39, 0.29) is 0 Å². The van der Waals surface area contributed by atoms with Crippen LogP contribution in [0.15, 0.2) is 218 Å². The number of nitrogens with zero attached hydrogens (tertiary/aromatic N) is 4. The average Bonchev–Trinajstić information content (AvgIpc) is 4.00. The zero-order valence-electron chi connectivity index (χ0n) is 33.1. The van der Waals surface area contributed by atoms with Crippen LogP contribution in [0, 0.1) is 0 Å². The molecule has 0 aliphatic carbocycles. The molecule has 13 rings (SSSR count). The van der Waals surface area contributed by atoms with E-state index in [2.05, 4.69) is 232 Å². The van der Waals surface area contributed by atoms with E-state index in [1.165, 1.54) is 54.2 Å². The first-order valence-electron chi connectivity index (χ1n) is 20.9. The van der Waals surface area contributed by atoms with Crippen LogP contribution in [0.3, 0.4) is 0 Å². The maximum Gasteiger partial charge on any atom is 0.165 e. The second-order valence-electron chi connectivity index (χ2n) is 15.9. The molecule has 61 heavy (non-hydrogen) atoms. The number of rotatable bonds is 5. The van der Waals surface area contributed by atoms with Crippen molar-refractivity contribution in [2.75, 3.05) is 0 Å². The lowest BCUT2D eigenvalue weighted by atomic mass is 9.92. The number of imidazole rings is 1. The van der Waals surface area contributed by atoms with Crippen molar-refractivity contribution in [2.45, 2.75) is 0 Å². The lowest BCUT2D eigenvalue weighted by Crippen LogP contribution is -2.00. The third-order valence-electron chi connectivity index (χ3n) is 12.6. The van der Waals surface area contributed by atoms with Gasteiger partial charge in [0.2, 0.25) is 0 Å². The Morgan fingerprint density at radius 1 is 0.262 bits per heavy atom. The van der Waals surface area contributed by atoms with Gasteiger partial charge in [0.1, 0.15) is 11.3 Å². The number of fused-ring (bicyclic) bond motifs is 13. The standard InChI is InChI=1S/C57H36N4/c1-4-16-38(17-5-1)56-58-57-55(61(56)41-20-8-3-9-21-41)50-35-34-49-48-26-14-15-27-52(48)59(53(49)54(50)60(57)40-18-6-2-7-19-40)42-31-28-37(29-32-42)39-30-33-47-45-24-11-10-22-43(45)44-23-12-13-25-46(44)51(47)36-39/h1-36H. The fourth-order valence-corrected chi connectivity index (χ4v) is 9.97. The van der Waals surface area contributed by atoms with Crippen molar-refractivity contribution in [1.82, 2.24) is 18.7 Å². The second kappa shape index (κ2) is 13.2. The molecule has 0 aliphatic rings. The van der Waals surface area contributed by atoms with Crippen LogP contribution in [0.5, 0.6) is 0 Å². The molecular formula is C57H36N4. The molecule has 0 saturated carbocycles. The molecule has 3 heterocycles. The highest BCUT2D eigenvalue weighted by Crippen LogP contribution is 2.44. The highest BCUT2D eigenvalue weighted by atomic mass is 15.2. The normalized spacial score (nSPS) is 11.9. The number of aromatic nitrogens is 4. The maximum atomic E-state index is 5.56. The van der Waals surface area contributed by atoms with E-state index in [0.29, 0.717) is 0 Å². The lowest BCUT2D eigenvalue weighted by Gasteiger charge is -2.14. The molecule has 0 atom stereocenters. The van der Waals surface area contributed by atoms with Gasteiger partial charge in [-0.1, -0.05) is 164 Å². The van der Waals surface area contributed by atoms with Crippen LogP contribution in [0.1, 0.15) is 0 Å². The zero-order chi connectivity index (χ0) is 40.0. The first kappa shape index (κ1) is 33.7. The number of hydrogen-bond acceptors (Lipinski definition) is 1. The minimum atomic E-state index is 0.912. The van der Waals surface area contributed by atoms with E-state index >= 15 is 0 Å². The molecule has 3 aromatic heterocycles. The maximum absolute atomic E-state index is 5.56. The van der Waals surface area contributed by atoms with Gasteiger partial charge in [0.25, 0.3) is 0 Å². The summed E-state index contributed by atoms with van der Waals surface area (Å²) in [6, 6.07) is 79.0. The largest absolute Gasteiger partial charge is 0.307 e. The molecule has 0 spiro atoms. The highest BCUT2D eigenvalue weighted by Gasteiger charge is 2.27. The molecular weight excluding hydrogens is 741 g/mol. The summed E-state index contributed by atoms with van der Waals surface area (Å²) < 4.78 is 7.18. The van der Waals surface area contributed by atoms with Gasteiger partial charge in [-0.3, -0.25) is 9.13 Å². The molecule has 284 valence electrons. The molecule has 0 aliphatic heterocycles. The van der Waals surface area contributed by atoms with Gasteiger partial charge in [0.15, 0.2) is 5.65 Å². The Morgan fingerprint density at radius 2 is 0.721 bits per heavy atom. The van der Waals surface area contributed by atoms with E-state index in [4.69, 9.17) is 4.98 Å². The molecule has 0 radical (unpaired) electrons. The van der Waals surface area contributed by atoms with Gasteiger partial charge >= 0.3 is 0 Å². The number of hydrogen-bond donors (Lipinski definition) is 0. The Bertz CT molecular complexity index is 3800. The molecule has 0 fully saturated rings. The quantitative estimate of drug-likeness (QED) is 0.160. The predicted octanol–water partition coefficient (Wildman–Crippen LogP) is 14.9. The van der Waals surface area contributed by atoms with Gasteiger partial charge in [-0.2, -0.15) is 0 Å². The first-order chi connectivity index (χ1) is 30.3. The lowest BCUT2D eigenvalue weighted by molar-refractivity contribution is 1.09. The van der Waals surface area contributed by atoms with Gasteiger partial charge in [-0.05, 0) is 98.0 Å².